The molecule has 0 fully saturated rings. The summed E-state index contributed by atoms with van der Waals surface area (Å²) in [7, 11) is 1.21. The van der Waals surface area contributed by atoms with Crippen molar-refractivity contribution >= 4 is 46.2 Å². The standard InChI is InChI=1S/C28H21ClF3N5O2S2/c1-34-24-23(17-5-9-21(10-6-17)39-12-11-38)22(13-33)27(36-25(24)37(2)16-28(30,31)32)41-15-20-14-40-26(35-20)18-3-7-19(29)8-4-18/h3-10,14,38H,11-12,15-16H2,2H3. The first-order valence-corrected chi connectivity index (χ1v) is 14.2. The Hall–Kier alpha value is -3.81. The van der Waals surface area contributed by atoms with Crippen molar-refractivity contribution in [1.82, 2.24) is 9.97 Å². The van der Waals surface area contributed by atoms with Crippen molar-refractivity contribution in [3.63, 3.8) is 0 Å². The van der Waals surface area contributed by atoms with Gasteiger partial charge in [-0.05, 0) is 29.8 Å². The average molecular weight is 616 g/mol. The van der Waals surface area contributed by atoms with E-state index < -0.39 is 12.7 Å². The van der Waals surface area contributed by atoms with Gasteiger partial charge in [0.2, 0.25) is 5.69 Å². The zero-order valence-corrected chi connectivity index (χ0v) is 23.8. The molecule has 0 aliphatic heterocycles. The lowest BCUT2D eigenvalue weighted by molar-refractivity contribution is -0.119. The molecule has 7 nitrogen and oxygen atoms in total. The van der Waals surface area contributed by atoms with E-state index in [2.05, 4.69) is 20.9 Å². The molecule has 2 heterocycles. The number of alkyl halides is 3. The van der Waals surface area contributed by atoms with E-state index in [9.17, 15) is 18.4 Å². The van der Waals surface area contributed by atoms with Gasteiger partial charge >= 0.3 is 6.18 Å². The highest BCUT2D eigenvalue weighted by molar-refractivity contribution is 7.98. The summed E-state index contributed by atoms with van der Waals surface area (Å²) < 4.78 is 45.4. The lowest BCUT2D eigenvalue weighted by Gasteiger charge is -2.24. The molecule has 0 atom stereocenters. The molecular weight excluding hydrogens is 595 g/mol. The van der Waals surface area contributed by atoms with Gasteiger partial charge < -0.3 is 14.7 Å². The van der Waals surface area contributed by atoms with Crippen molar-refractivity contribution in [2.45, 2.75) is 17.0 Å². The molecule has 0 spiro atoms. The van der Waals surface area contributed by atoms with Crippen LogP contribution in [0.15, 0.2) is 58.9 Å². The molecule has 41 heavy (non-hydrogen) atoms. The number of hydrogen-bond donors (Lipinski definition) is 1. The van der Waals surface area contributed by atoms with Crippen molar-refractivity contribution in [2.24, 2.45) is 0 Å². The molecule has 0 saturated carbocycles. The number of anilines is 1. The number of hydrogen-bond acceptors (Lipinski definition) is 8. The summed E-state index contributed by atoms with van der Waals surface area (Å²) in [5.41, 5.74) is 2.11. The van der Waals surface area contributed by atoms with Crippen molar-refractivity contribution in [1.29, 1.82) is 5.26 Å². The summed E-state index contributed by atoms with van der Waals surface area (Å²) in [5, 5.41) is 22.6. The lowest BCUT2D eigenvalue weighted by Crippen LogP contribution is -2.31. The Balaban J connectivity index is 1.75. The molecule has 4 rings (SSSR count). The fourth-order valence-corrected chi connectivity index (χ4v) is 5.80. The third kappa shape index (κ3) is 7.48. The van der Waals surface area contributed by atoms with Gasteiger partial charge in [0, 0.05) is 34.3 Å². The molecule has 210 valence electrons. The Bertz CT molecular complexity index is 1600. The van der Waals surface area contributed by atoms with E-state index in [1.807, 2.05) is 17.5 Å². The van der Waals surface area contributed by atoms with E-state index in [1.165, 1.54) is 18.4 Å². The highest BCUT2D eigenvalue weighted by Crippen LogP contribution is 2.44. The number of thiazole rings is 1. The predicted molar refractivity (Wildman–Crippen MR) is 155 cm³/mol. The quantitative estimate of drug-likeness (QED) is 0.145. The Morgan fingerprint density at radius 2 is 1.83 bits per heavy atom. The molecule has 4 aromatic rings. The van der Waals surface area contributed by atoms with Gasteiger partial charge in [-0.15, -0.1) is 11.3 Å². The van der Waals surface area contributed by atoms with E-state index >= 15 is 0 Å². The summed E-state index contributed by atoms with van der Waals surface area (Å²) in [6.07, 6.45) is -4.54. The van der Waals surface area contributed by atoms with Gasteiger partial charge in [-0.2, -0.15) is 18.4 Å². The minimum Gasteiger partial charge on any atom is -0.491 e. The van der Waals surface area contributed by atoms with Gasteiger partial charge in [0.1, 0.15) is 40.8 Å². The van der Waals surface area contributed by atoms with Gasteiger partial charge in [-0.3, -0.25) is 0 Å². The Morgan fingerprint density at radius 1 is 1.15 bits per heavy atom. The highest BCUT2D eigenvalue weighted by Gasteiger charge is 2.32. The highest BCUT2D eigenvalue weighted by atomic mass is 35.5. The molecule has 2 aromatic heterocycles. The number of rotatable bonds is 10. The molecule has 1 N–H and O–H groups in total. The van der Waals surface area contributed by atoms with Gasteiger partial charge in [0.25, 0.3) is 0 Å². The predicted octanol–water partition coefficient (Wildman–Crippen LogP) is 7.61. The van der Waals surface area contributed by atoms with Crippen LogP contribution in [0.1, 0.15) is 11.3 Å². The number of thioether (sulfide) groups is 1. The minimum atomic E-state index is -4.54. The van der Waals surface area contributed by atoms with Gasteiger partial charge in [0.05, 0.1) is 24.4 Å². The van der Waals surface area contributed by atoms with Crippen LogP contribution in [0.3, 0.4) is 0 Å². The van der Waals surface area contributed by atoms with Gasteiger partial charge in [-0.25, -0.2) is 14.8 Å². The van der Waals surface area contributed by atoms with Crippen LogP contribution in [0.4, 0.5) is 24.7 Å². The monoisotopic (exact) mass is 615 g/mol. The first-order valence-electron chi connectivity index (χ1n) is 11.9. The summed E-state index contributed by atoms with van der Waals surface area (Å²) in [5.74, 6) is 0.553. The van der Waals surface area contributed by atoms with Crippen LogP contribution in [0.5, 0.6) is 5.75 Å². The Morgan fingerprint density at radius 3 is 2.44 bits per heavy atom. The zero-order valence-electron chi connectivity index (χ0n) is 21.4. The maximum atomic E-state index is 13.3. The fraction of sp³-hybridized carbons (Fsp3) is 0.214. The largest absolute Gasteiger partial charge is 0.491 e. The Labute approximate surface area is 247 Å². The second kappa shape index (κ2) is 13.2. The molecule has 0 amide bonds. The molecule has 0 aliphatic rings. The molecule has 0 aliphatic carbocycles. The summed E-state index contributed by atoms with van der Waals surface area (Å²) in [6.45, 7) is 6.37. The van der Waals surface area contributed by atoms with Gasteiger partial charge in [-0.1, -0.05) is 47.6 Å². The van der Waals surface area contributed by atoms with Crippen LogP contribution < -0.4 is 9.64 Å². The Kier molecular flexibility index (Phi) is 9.73. The second-order valence-corrected chi connectivity index (χ2v) is 10.8. The molecular formula is C28H21ClF3N5O2S2. The van der Waals surface area contributed by atoms with Crippen LogP contribution in [0, 0.1) is 17.9 Å². The maximum absolute atomic E-state index is 13.3. The number of halogens is 4. The SMILES string of the molecule is [C-]#[N+]c1c(N(C)CC(F)(F)F)nc(SCc2csc(-c3ccc(Cl)cc3)n2)c(C#N)c1-c1ccc(OCCO)cc1. The van der Waals surface area contributed by atoms with E-state index in [-0.39, 0.29) is 40.9 Å². The topological polar surface area (TPSA) is 86.6 Å². The van der Waals surface area contributed by atoms with Crippen LogP contribution >= 0.6 is 34.7 Å². The van der Waals surface area contributed by atoms with Gasteiger partial charge in [0.15, 0.2) is 0 Å². The van der Waals surface area contributed by atoms with Crippen LogP contribution in [0.25, 0.3) is 26.5 Å². The third-order valence-corrected chi connectivity index (χ3v) is 7.83. The average Bonchev–Trinajstić information content (AvgIpc) is 3.43. The molecule has 2 aromatic carbocycles. The molecule has 0 bridgehead atoms. The summed E-state index contributed by atoms with van der Waals surface area (Å²) in [6, 6.07) is 15.8. The number of pyridine rings is 1. The van der Waals surface area contributed by atoms with Crippen molar-refractivity contribution in [3.8, 4) is 33.5 Å². The van der Waals surface area contributed by atoms with Crippen molar-refractivity contribution in [2.75, 3.05) is 31.7 Å². The molecule has 0 unspecified atom stereocenters. The number of ether oxygens (including phenoxy) is 1. The van der Waals surface area contributed by atoms with E-state index in [0.717, 1.165) is 27.2 Å². The summed E-state index contributed by atoms with van der Waals surface area (Å²) in [4.78, 5) is 13.4. The lowest BCUT2D eigenvalue weighted by atomic mass is 9.99. The number of aliphatic hydroxyl groups excluding tert-OH is 1. The first-order chi connectivity index (χ1) is 19.6. The van der Waals surface area contributed by atoms with E-state index in [0.29, 0.717) is 27.8 Å². The molecule has 13 heteroatoms. The molecule has 0 radical (unpaired) electrons. The summed E-state index contributed by atoms with van der Waals surface area (Å²) >= 11 is 8.56. The number of nitriles is 1. The smallest absolute Gasteiger partial charge is 0.405 e. The van der Waals surface area contributed by atoms with Crippen LogP contribution in [0.2, 0.25) is 5.02 Å². The second-order valence-electron chi connectivity index (χ2n) is 8.57. The van der Waals surface area contributed by atoms with E-state index in [4.69, 9.17) is 28.0 Å². The zero-order chi connectivity index (χ0) is 29.6. The first kappa shape index (κ1) is 30.2. The van der Waals surface area contributed by atoms with Crippen molar-refractivity contribution < 1.29 is 23.0 Å². The number of benzene rings is 2. The number of aliphatic hydroxyl groups is 1. The number of aromatic nitrogens is 2. The third-order valence-electron chi connectivity index (χ3n) is 5.62. The number of nitrogens with zero attached hydrogens (tertiary/aromatic N) is 5. The fourth-order valence-electron chi connectivity index (χ4n) is 3.87. The van der Waals surface area contributed by atoms with Crippen LogP contribution in [-0.4, -0.2) is 48.1 Å². The minimum absolute atomic E-state index is 0.0716. The van der Waals surface area contributed by atoms with E-state index in [1.54, 1.807) is 36.4 Å². The van der Waals surface area contributed by atoms with Crippen LogP contribution in [-0.2, 0) is 5.75 Å². The maximum Gasteiger partial charge on any atom is 0.405 e. The molecule has 0 saturated heterocycles. The van der Waals surface area contributed by atoms with Crippen molar-refractivity contribution in [3.05, 3.63) is 81.6 Å². The normalized spacial score (nSPS) is 11.1.